The number of ether oxygens (including phenoxy) is 2. The van der Waals surface area contributed by atoms with Crippen LogP contribution in [0.4, 0.5) is 4.39 Å². The lowest BCUT2D eigenvalue weighted by Crippen LogP contribution is -2.47. The van der Waals surface area contributed by atoms with Gasteiger partial charge in [0, 0.05) is 38.1 Å². The monoisotopic (exact) mass is 343 g/mol. The first-order valence-electron chi connectivity index (χ1n) is 8.75. The predicted octanol–water partition coefficient (Wildman–Crippen LogP) is 2.82. The van der Waals surface area contributed by atoms with E-state index >= 15 is 0 Å². The maximum absolute atomic E-state index is 13.7. The lowest BCUT2D eigenvalue weighted by Gasteiger charge is -2.39. The van der Waals surface area contributed by atoms with E-state index in [9.17, 15) is 4.39 Å². The molecular formula is C19H22FN3O2. The number of rotatable bonds is 4. The van der Waals surface area contributed by atoms with Crippen molar-refractivity contribution in [2.45, 2.75) is 37.5 Å². The Morgan fingerprint density at radius 1 is 1.32 bits per heavy atom. The maximum atomic E-state index is 13.7. The van der Waals surface area contributed by atoms with Gasteiger partial charge in [0.2, 0.25) is 0 Å². The van der Waals surface area contributed by atoms with Crippen LogP contribution in [0.2, 0.25) is 0 Å². The van der Waals surface area contributed by atoms with Crippen molar-refractivity contribution in [2.75, 3.05) is 19.7 Å². The standard InChI is InChI=1S/C19H22FN3O2/c20-17-5-2-8-22-18(17)25-16-10-19(24-13-16)6-3-9-23(14-19)12-15-4-1-7-21-11-15/h1-2,4-5,7-8,11,16H,3,6,9-10,12-14H2/t16-,19-/m0/s1. The molecule has 0 radical (unpaired) electrons. The van der Waals surface area contributed by atoms with Gasteiger partial charge in [0.05, 0.1) is 12.2 Å². The smallest absolute Gasteiger partial charge is 0.250 e. The third-order valence-electron chi connectivity index (χ3n) is 4.93. The molecule has 2 aromatic rings. The molecule has 2 aliphatic heterocycles. The van der Waals surface area contributed by atoms with Crippen LogP contribution in [0.3, 0.4) is 0 Å². The molecule has 6 heteroatoms. The second-order valence-corrected chi connectivity index (χ2v) is 6.90. The highest BCUT2D eigenvalue weighted by atomic mass is 19.1. The Morgan fingerprint density at radius 2 is 2.24 bits per heavy atom. The van der Waals surface area contributed by atoms with E-state index in [0.717, 1.165) is 38.9 Å². The third-order valence-corrected chi connectivity index (χ3v) is 4.93. The Labute approximate surface area is 146 Å². The van der Waals surface area contributed by atoms with E-state index in [4.69, 9.17) is 9.47 Å². The SMILES string of the molecule is Fc1cccnc1O[C@@H]1CO[C@@]2(CCCN(Cc3cccnc3)C2)C1. The zero-order valence-corrected chi connectivity index (χ0v) is 14.1. The van der Waals surface area contributed by atoms with Gasteiger partial charge in [-0.15, -0.1) is 0 Å². The number of aromatic nitrogens is 2. The average Bonchev–Trinajstić information content (AvgIpc) is 3.00. The summed E-state index contributed by atoms with van der Waals surface area (Å²) < 4.78 is 25.6. The van der Waals surface area contributed by atoms with Gasteiger partial charge in [-0.2, -0.15) is 0 Å². The Balaban J connectivity index is 1.38. The van der Waals surface area contributed by atoms with Crippen molar-refractivity contribution < 1.29 is 13.9 Å². The van der Waals surface area contributed by atoms with Gasteiger partial charge in [0.1, 0.15) is 6.10 Å². The first kappa shape index (κ1) is 16.4. The van der Waals surface area contributed by atoms with Crippen molar-refractivity contribution in [3.05, 3.63) is 54.2 Å². The largest absolute Gasteiger partial charge is 0.470 e. The quantitative estimate of drug-likeness (QED) is 0.854. The summed E-state index contributed by atoms with van der Waals surface area (Å²) in [6.45, 7) is 3.28. The van der Waals surface area contributed by atoms with E-state index in [0.29, 0.717) is 6.61 Å². The molecule has 25 heavy (non-hydrogen) atoms. The fourth-order valence-corrected chi connectivity index (χ4v) is 3.85. The van der Waals surface area contributed by atoms with Crippen LogP contribution in [0.15, 0.2) is 42.9 Å². The Hall–Kier alpha value is -2.05. The Bertz CT molecular complexity index is 715. The summed E-state index contributed by atoms with van der Waals surface area (Å²) in [6, 6.07) is 6.99. The zero-order valence-electron chi connectivity index (χ0n) is 14.1. The van der Waals surface area contributed by atoms with Crippen molar-refractivity contribution in [1.29, 1.82) is 0 Å². The normalized spacial score (nSPS) is 26.8. The van der Waals surface area contributed by atoms with Crippen LogP contribution in [0.5, 0.6) is 5.88 Å². The minimum Gasteiger partial charge on any atom is -0.470 e. The highest BCUT2D eigenvalue weighted by molar-refractivity contribution is 5.14. The minimum atomic E-state index is -0.426. The number of halogens is 1. The molecule has 2 atom stereocenters. The van der Waals surface area contributed by atoms with Crippen molar-refractivity contribution in [1.82, 2.24) is 14.9 Å². The van der Waals surface area contributed by atoms with Gasteiger partial charge in [-0.3, -0.25) is 9.88 Å². The fourth-order valence-electron chi connectivity index (χ4n) is 3.85. The molecule has 4 heterocycles. The van der Waals surface area contributed by atoms with Gasteiger partial charge in [-0.05, 0) is 43.1 Å². The lowest BCUT2D eigenvalue weighted by molar-refractivity contribution is -0.0538. The molecule has 0 amide bonds. The highest BCUT2D eigenvalue weighted by Gasteiger charge is 2.44. The Kier molecular flexibility index (Phi) is 4.63. The van der Waals surface area contributed by atoms with Crippen LogP contribution in [0, 0.1) is 5.82 Å². The second-order valence-electron chi connectivity index (χ2n) is 6.90. The molecule has 0 saturated carbocycles. The van der Waals surface area contributed by atoms with Gasteiger partial charge in [-0.1, -0.05) is 6.07 Å². The molecule has 2 saturated heterocycles. The van der Waals surface area contributed by atoms with Crippen molar-refractivity contribution in [3.8, 4) is 5.88 Å². The Morgan fingerprint density at radius 3 is 3.08 bits per heavy atom. The number of likely N-dealkylation sites (tertiary alicyclic amines) is 1. The van der Waals surface area contributed by atoms with E-state index in [-0.39, 0.29) is 17.6 Å². The van der Waals surface area contributed by atoms with Gasteiger partial charge in [0.15, 0.2) is 5.82 Å². The molecule has 0 aliphatic carbocycles. The van der Waals surface area contributed by atoms with Crippen LogP contribution in [-0.2, 0) is 11.3 Å². The molecule has 0 bridgehead atoms. The highest BCUT2D eigenvalue weighted by Crippen LogP contribution is 2.36. The average molecular weight is 343 g/mol. The number of hydrogen-bond acceptors (Lipinski definition) is 5. The lowest BCUT2D eigenvalue weighted by atomic mass is 9.89. The summed E-state index contributed by atoms with van der Waals surface area (Å²) in [5.41, 5.74) is 1.01. The van der Waals surface area contributed by atoms with Gasteiger partial charge >= 0.3 is 0 Å². The van der Waals surface area contributed by atoms with E-state index < -0.39 is 5.82 Å². The summed E-state index contributed by atoms with van der Waals surface area (Å²) in [4.78, 5) is 10.6. The number of nitrogens with zero attached hydrogens (tertiary/aromatic N) is 3. The molecule has 2 aliphatic rings. The van der Waals surface area contributed by atoms with Gasteiger partial charge < -0.3 is 9.47 Å². The van der Waals surface area contributed by atoms with E-state index in [1.54, 1.807) is 18.5 Å². The number of piperidine rings is 1. The summed E-state index contributed by atoms with van der Waals surface area (Å²) in [7, 11) is 0. The fraction of sp³-hybridized carbons (Fsp3) is 0.474. The molecule has 4 rings (SSSR count). The summed E-state index contributed by atoms with van der Waals surface area (Å²) in [5, 5.41) is 0. The first-order valence-corrected chi connectivity index (χ1v) is 8.75. The molecule has 132 valence electrons. The topological polar surface area (TPSA) is 47.5 Å². The molecule has 2 aromatic heterocycles. The molecular weight excluding hydrogens is 321 g/mol. The number of hydrogen-bond donors (Lipinski definition) is 0. The maximum Gasteiger partial charge on any atom is 0.250 e. The van der Waals surface area contributed by atoms with Crippen LogP contribution in [0.1, 0.15) is 24.8 Å². The van der Waals surface area contributed by atoms with Crippen molar-refractivity contribution >= 4 is 0 Å². The molecule has 2 fully saturated rings. The van der Waals surface area contributed by atoms with Gasteiger partial charge in [-0.25, -0.2) is 9.37 Å². The molecule has 1 spiro atoms. The van der Waals surface area contributed by atoms with Crippen molar-refractivity contribution in [2.24, 2.45) is 0 Å². The molecule has 0 N–H and O–H groups in total. The second kappa shape index (κ2) is 7.06. The summed E-state index contributed by atoms with van der Waals surface area (Å²) >= 11 is 0. The van der Waals surface area contributed by atoms with Crippen LogP contribution < -0.4 is 4.74 Å². The van der Waals surface area contributed by atoms with Crippen molar-refractivity contribution in [3.63, 3.8) is 0 Å². The van der Waals surface area contributed by atoms with Crippen LogP contribution in [0.25, 0.3) is 0 Å². The summed E-state index contributed by atoms with van der Waals surface area (Å²) in [6.07, 6.45) is 7.97. The number of pyridine rings is 2. The predicted molar refractivity (Wildman–Crippen MR) is 90.7 cm³/mol. The van der Waals surface area contributed by atoms with Crippen LogP contribution in [-0.4, -0.2) is 46.3 Å². The van der Waals surface area contributed by atoms with Gasteiger partial charge in [0.25, 0.3) is 5.88 Å². The van der Waals surface area contributed by atoms with E-state index in [2.05, 4.69) is 20.9 Å². The van der Waals surface area contributed by atoms with E-state index in [1.165, 1.54) is 11.6 Å². The first-order chi connectivity index (χ1) is 12.2. The molecule has 0 aromatic carbocycles. The zero-order chi connectivity index (χ0) is 17.1. The molecule has 0 unspecified atom stereocenters. The third kappa shape index (κ3) is 3.80. The molecule has 5 nitrogen and oxygen atoms in total. The van der Waals surface area contributed by atoms with Crippen LogP contribution >= 0.6 is 0 Å². The minimum absolute atomic E-state index is 0.0659. The van der Waals surface area contributed by atoms with E-state index in [1.807, 2.05) is 12.3 Å². The summed E-state index contributed by atoms with van der Waals surface area (Å²) in [5.74, 6) is -0.360.